The van der Waals surface area contributed by atoms with E-state index in [-0.39, 0.29) is 23.9 Å². The van der Waals surface area contributed by atoms with Crippen LogP contribution in [0.1, 0.15) is 22.6 Å². The zero-order chi connectivity index (χ0) is 15.7. The average Bonchev–Trinajstić information content (AvgIpc) is 2.83. The number of hydrogen-bond acceptors (Lipinski definition) is 4. The van der Waals surface area contributed by atoms with E-state index in [4.69, 9.17) is 5.73 Å². The molecular weight excluding hydrogens is 308 g/mol. The van der Waals surface area contributed by atoms with Crippen LogP contribution < -0.4 is 11.1 Å². The molecule has 3 N–H and O–H groups in total. The Balaban J connectivity index is 1.67. The van der Waals surface area contributed by atoms with Gasteiger partial charge < -0.3 is 11.1 Å². The second-order valence-corrected chi connectivity index (χ2v) is 6.44. The predicted octanol–water partition coefficient (Wildman–Crippen LogP) is 2.42. The van der Waals surface area contributed by atoms with Gasteiger partial charge in [-0.05, 0) is 30.9 Å². The van der Waals surface area contributed by atoms with Crippen molar-refractivity contribution in [1.29, 1.82) is 0 Å². The summed E-state index contributed by atoms with van der Waals surface area (Å²) < 4.78 is 26.4. The molecule has 0 bridgehead atoms. The number of fused-ring (bicyclic) bond motifs is 1. The van der Waals surface area contributed by atoms with E-state index in [1.165, 1.54) is 17.4 Å². The van der Waals surface area contributed by atoms with Crippen LogP contribution in [0.5, 0.6) is 0 Å². The highest BCUT2D eigenvalue weighted by atomic mass is 32.1. The summed E-state index contributed by atoms with van der Waals surface area (Å²) in [5.74, 6) is -1.76. The van der Waals surface area contributed by atoms with Crippen molar-refractivity contribution in [1.82, 2.24) is 4.98 Å². The van der Waals surface area contributed by atoms with Gasteiger partial charge in [-0.15, -0.1) is 11.3 Å². The van der Waals surface area contributed by atoms with Crippen LogP contribution in [-0.4, -0.2) is 16.9 Å². The molecule has 3 rings (SSSR count). The van der Waals surface area contributed by atoms with Crippen molar-refractivity contribution in [2.24, 2.45) is 5.73 Å². The number of rotatable bonds is 3. The number of anilines is 1. The molecule has 1 atom stereocenters. The first kappa shape index (κ1) is 15.1. The Kier molecular flexibility index (Phi) is 4.17. The highest BCUT2D eigenvalue weighted by molar-refractivity contribution is 7.15. The molecule has 1 aliphatic carbocycles. The van der Waals surface area contributed by atoms with Gasteiger partial charge in [0.15, 0.2) is 5.13 Å². The summed E-state index contributed by atoms with van der Waals surface area (Å²) in [6.45, 7) is 0. The van der Waals surface area contributed by atoms with Crippen molar-refractivity contribution in [3.05, 3.63) is 46.0 Å². The van der Waals surface area contributed by atoms with E-state index < -0.39 is 11.6 Å². The molecule has 4 nitrogen and oxygen atoms in total. The number of halogens is 2. The molecule has 0 radical (unpaired) electrons. The number of aromatic nitrogens is 1. The molecule has 1 aromatic carbocycles. The standard InChI is InChI=1S/C15H15F2N3OS/c16-9-2-1-8(11(17)6-9)5-14(21)20-15-19-12-4-3-10(18)7-13(12)22-15/h1-2,6,10H,3-5,7,18H2,(H,19,20,21)/t10-/m0/s1. The van der Waals surface area contributed by atoms with Gasteiger partial charge in [0.25, 0.3) is 0 Å². The second-order valence-electron chi connectivity index (χ2n) is 5.35. The second kappa shape index (κ2) is 6.10. The van der Waals surface area contributed by atoms with Crippen molar-refractivity contribution in [3.63, 3.8) is 0 Å². The van der Waals surface area contributed by atoms with Crippen molar-refractivity contribution in [2.75, 3.05) is 5.32 Å². The van der Waals surface area contributed by atoms with Gasteiger partial charge in [-0.1, -0.05) is 6.07 Å². The lowest BCUT2D eigenvalue weighted by molar-refractivity contribution is -0.115. The van der Waals surface area contributed by atoms with E-state index in [0.717, 1.165) is 42.0 Å². The van der Waals surface area contributed by atoms with Crippen LogP contribution in [0.25, 0.3) is 0 Å². The van der Waals surface area contributed by atoms with Gasteiger partial charge in [-0.25, -0.2) is 13.8 Å². The molecule has 0 saturated heterocycles. The van der Waals surface area contributed by atoms with Crippen molar-refractivity contribution in [3.8, 4) is 0 Å². The number of thiazole rings is 1. The van der Waals surface area contributed by atoms with Crippen LogP contribution in [0.15, 0.2) is 18.2 Å². The van der Waals surface area contributed by atoms with Gasteiger partial charge in [0.2, 0.25) is 5.91 Å². The summed E-state index contributed by atoms with van der Waals surface area (Å²) in [6, 6.07) is 3.32. The number of nitrogens with zero attached hydrogens (tertiary/aromatic N) is 1. The molecule has 0 aliphatic heterocycles. The summed E-state index contributed by atoms with van der Waals surface area (Å²) in [5.41, 5.74) is 7.05. The lowest BCUT2D eigenvalue weighted by Crippen LogP contribution is -2.27. The van der Waals surface area contributed by atoms with Crippen LogP contribution in [0, 0.1) is 11.6 Å². The number of nitrogens with two attached hydrogens (primary N) is 1. The first-order valence-electron chi connectivity index (χ1n) is 6.99. The molecule has 2 aromatic rings. The maximum Gasteiger partial charge on any atom is 0.230 e. The predicted molar refractivity (Wildman–Crippen MR) is 80.8 cm³/mol. The molecule has 1 aliphatic rings. The molecule has 1 aromatic heterocycles. The van der Waals surface area contributed by atoms with E-state index in [1.54, 1.807) is 0 Å². The summed E-state index contributed by atoms with van der Waals surface area (Å²) in [7, 11) is 0. The molecule has 0 saturated carbocycles. The molecule has 22 heavy (non-hydrogen) atoms. The summed E-state index contributed by atoms with van der Waals surface area (Å²) in [5, 5.41) is 3.18. The highest BCUT2D eigenvalue weighted by Crippen LogP contribution is 2.29. The normalized spacial score (nSPS) is 17.1. The third-order valence-corrected chi connectivity index (χ3v) is 4.63. The van der Waals surface area contributed by atoms with Crippen molar-refractivity contribution >= 4 is 22.4 Å². The minimum atomic E-state index is -0.723. The summed E-state index contributed by atoms with van der Waals surface area (Å²) in [4.78, 5) is 17.4. The molecule has 0 unspecified atom stereocenters. The Hall–Kier alpha value is -1.86. The minimum absolute atomic E-state index is 0.143. The zero-order valence-corrected chi connectivity index (χ0v) is 12.6. The summed E-state index contributed by atoms with van der Waals surface area (Å²) in [6.07, 6.45) is 2.33. The van der Waals surface area contributed by atoms with Gasteiger partial charge in [-0.2, -0.15) is 0 Å². The van der Waals surface area contributed by atoms with Crippen molar-refractivity contribution < 1.29 is 13.6 Å². The van der Waals surface area contributed by atoms with Crippen LogP contribution in [-0.2, 0) is 24.1 Å². The average molecular weight is 323 g/mol. The molecule has 0 fully saturated rings. The third kappa shape index (κ3) is 3.31. The quantitative estimate of drug-likeness (QED) is 0.911. The highest BCUT2D eigenvalue weighted by Gasteiger charge is 2.21. The first-order chi connectivity index (χ1) is 10.5. The van der Waals surface area contributed by atoms with Gasteiger partial charge in [0.05, 0.1) is 12.1 Å². The Morgan fingerprint density at radius 1 is 1.45 bits per heavy atom. The van der Waals surface area contributed by atoms with Crippen LogP contribution in [0.4, 0.5) is 13.9 Å². The van der Waals surface area contributed by atoms with E-state index in [1.807, 2.05) is 0 Å². The van der Waals surface area contributed by atoms with Gasteiger partial charge in [0, 0.05) is 17.0 Å². The van der Waals surface area contributed by atoms with Gasteiger partial charge >= 0.3 is 0 Å². The fourth-order valence-electron chi connectivity index (χ4n) is 2.46. The molecule has 1 heterocycles. The number of carbonyl (C=O) groups excluding carboxylic acids is 1. The SMILES string of the molecule is N[C@H]1CCc2nc(NC(=O)Cc3ccc(F)cc3F)sc2C1. The summed E-state index contributed by atoms with van der Waals surface area (Å²) >= 11 is 1.41. The smallest absolute Gasteiger partial charge is 0.230 e. The van der Waals surface area contributed by atoms with E-state index >= 15 is 0 Å². The maximum atomic E-state index is 13.5. The topological polar surface area (TPSA) is 68.0 Å². The van der Waals surface area contributed by atoms with E-state index in [0.29, 0.717) is 5.13 Å². The minimum Gasteiger partial charge on any atom is -0.327 e. The largest absolute Gasteiger partial charge is 0.327 e. The number of nitrogens with one attached hydrogen (secondary N) is 1. The Morgan fingerprint density at radius 2 is 2.27 bits per heavy atom. The number of amides is 1. The number of aryl methyl sites for hydroxylation is 1. The maximum absolute atomic E-state index is 13.5. The molecule has 1 amide bonds. The fourth-order valence-corrected chi connectivity index (χ4v) is 3.57. The van der Waals surface area contributed by atoms with Crippen molar-refractivity contribution in [2.45, 2.75) is 31.7 Å². The Morgan fingerprint density at radius 3 is 3.05 bits per heavy atom. The molecule has 0 spiro atoms. The van der Waals surface area contributed by atoms with Gasteiger partial charge in [-0.3, -0.25) is 4.79 Å². The van der Waals surface area contributed by atoms with Gasteiger partial charge in [0.1, 0.15) is 11.6 Å². The number of benzene rings is 1. The van der Waals surface area contributed by atoms with Crippen LogP contribution in [0.2, 0.25) is 0 Å². The van der Waals surface area contributed by atoms with Crippen LogP contribution in [0.3, 0.4) is 0 Å². The third-order valence-electron chi connectivity index (χ3n) is 3.59. The van der Waals surface area contributed by atoms with Crippen LogP contribution >= 0.6 is 11.3 Å². The lowest BCUT2D eigenvalue weighted by Gasteiger charge is -2.15. The van der Waals surface area contributed by atoms with E-state index in [9.17, 15) is 13.6 Å². The zero-order valence-electron chi connectivity index (χ0n) is 11.7. The Labute approximate surface area is 130 Å². The number of carbonyl (C=O) groups is 1. The number of hydrogen-bond donors (Lipinski definition) is 2. The molecule has 7 heteroatoms. The molecule has 116 valence electrons. The van der Waals surface area contributed by atoms with E-state index in [2.05, 4.69) is 10.3 Å². The Bertz CT molecular complexity index is 717. The molecular formula is C15H15F2N3OS. The monoisotopic (exact) mass is 323 g/mol. The lowest BCUT2D eigenvalue weighted by atomic mass is 9.99. The fraction of sp³-hybridized carbons (Fsp3) is 0.333. The first-order valence-corrected chi connectivity index (χ1v) is 7.81.